The topological polar surface area (TPSA) is 84.9 Å². The maximum Gasteiger partial charge on any atom is 0.329 e. The molecule has 0 unspecified atom stereocenters. The number of hydrogen-bond acceptors (Lipinski definition) is 5. The van der Waals surface area contributed by atoms with Crippen LogP contribution in [0.4, 0.5) is 9.18 Å². The van der Waals surface area contributed by atoms with Crippen molar-refractivity contribution >= 4 is 24.0 Å². The van der Waals surface area contributed by atoms with Crippen molar-refractivity contribution in [1.29, 1.82) is 0 Å². The molecule has 1 N–H and O–H groups in total. The van der Waals surface area contributed by atoms with E-state index < -0.39 is 24.5 Å². The second kappa shape index (κ2) is 8.34. The van der Waals surface area contributed by atoms with Crippen LogP contribution in [-0.4, -0.2) is 36.5 Å². The predicted octanol–water partition coefficient (Wildman–Crippen LogP) is 2.47. The van der Waals surface area contributed by atoms with Gasteiger partial charge in [0.25, 0.3) is 5.91 Å². The van der Waals surface area contributed by atoms with Gasteiger partial charge in [-0.05, 0) is 29.8 Å². The number of halogens is 1. The molecule has 0 aliphatic carbocycles. The van der Waals surface area contributed by atoms with E-state index in [1.165, 1.54) is 19.3 Å². The molecule has 1 aliphatic rings. The predicted molar refractivity (Wildman–Crippen MR) is 97.4 cm³/mol. The van der Waals surface area contributed by atoms with E-state index >= 15 is 0 Å². The minimum Gasteiger partial charge on any atom is -0.489 e. The summed E-state index contributed by atoms with van der Waals surface area (Å²) in [6, 6.07) is 12.4. The van der Waals surface area contributed by atoms with Crippen LogP contribution in [0.5, 0.6) is 5.75 Å². The third-order valence-electron chi connectivity index (χ3n) is 4.00. The zero-order chi connectivity index (χ0) is 20.1. The van der Waals surface area contributed by atoms with Crippen LogP contribution in [0, 0.1) is 5.82 Å². The zero-order valence-electron chi connectivity index (χ0n) is 15.0. The van der Waals surface area contributed by atoms with Crippen LogP contribution < -0.4 is 10.1 Å². The van der Waals surface area contributed by atoms with Gasteiger partial charge < -0.3 is 14.8 Å². The Morgan fingerprint density at radius 3 is 2.71 bits per heavy atom. The number of nitrogens with zero attached hydrogens (tertiary/aromatic N) is 1. The third kappa shape index (κ3) is 4.35. The maximum absolute atomic E-state index is 13.7. The Labute approximate surface area is 160 Å². The second-order valence-corrected chi connectivity index (χ2v) is 5.91. The molecule has 2 aromatic rings. The van der Waals surface area contributed by atoms with E-state index in [9.17, 15) is 18.8 Å². The molecule has 0 radical (unpaired) electrons. The van der Waals surface area contributed by atoms with E-state index in [2.05, 4.69) is 10.1 Å². The normalized spacial score (nSPS) is 14.9. The summed E-state index contributed by atoms with van der Waals surface area (Å²) in [5.74, 6) is -1.21. The lowest BCUT2D eigenvalue weighted by Crippen LogP contribution is -2.36. The van der Waals surface area contributed by atoms with Gasteiger partial charge >= 0.3 is 12.0 Å². The van der Waals surface area contributed by atoms with E-state index in [-0.39, 0.29) is 18.1 Å². The van der Waals surface area contributed by atoms with Crippen LogP contribution in [0.25, 0.3) is 6.08 Å². The lowest BCUT2D eigenvalue weighted by atomic mass is 10.1. The van der Waals surface area contributed by atoms with Gasteiger partial charge in [0.15, 0.2) is 0 Å². The number of imide groups is 1. The highest BCUT2D eigenvalue weighted by Crippen LogP contribution is 2.20. The molecular formula is C20H17FN2O5. The van der Waals surface area contributed by atoms with Crippen molar-refractivity contribution in [3.05, 3.63) is 71.2 Å². The first-order chi connectivity index (χ1) is 13.5. The highest BCUT2D eigenvalue weighted by molar-refractivity contribution is 6.15. The number of hydrogen-bond donors (Lipinski definition) is 1. The number of amides is 3. The van der Waals surface area contributed by atoms with Crippen LogP contribution in [0.2, 0.25) is 0 Å². The van der Waals surface area contributed by atoms with Crippen molar-refractivity contribution in [2.75, 3.05) is 13.7 Å². The summed E-state index contributed by atoms with van der Waals surface area (Å²) in [6.45, 7) is -0.417. The van der Waals surface area contributed by atoms with Crippen LogP contribution in [0.1, 0.15) is 11.1 Å². The zero-order valence-corrected chi connectivity index (χ0v) is 15.0. The van der Waals surface area contributed by atoms with Gasteiger partial charge in [-0.25, -0.2) is 14.1 Å². The van der Waals surface area contributed by atoms with Crippen molar-refractivity contribution in [2.24, 2.45) is 0 Å². The first-order valence-electron chi connectivity index (χ1n) is 8.35. The molecule has 28 heavy (non-hydrogen) atoms. The standard InChI is InChI=1S/C20H17FN2O5/c1-27-18(24)11-23-19(25)17(22-20(23)26)10-13-5-4-7-15(9-13)28-12-14-6-2-3-8-16(14)21/h2-10H,11-12H2,1H3,(H,22,26)/b17-10+. The fraction of sp³-hybridized carbons (Fsp3) is 0.150. The smallest absolute Gasteiger partial charge is 0.329 e. The van der Waals surface area contributed by atoms with E-state index in [1.807, 2.05) is 0 Å². The lowest BCUT2D eigenvalue weighted by molar-refractivity contribution is -0.143. The molecular weight excluding hydrogens is 367 g/mol. The van der Waals surface area contributed by atoms with E-state index in [1.54, 1.807) is 42.5 Å². The number of nitrogens with one attached hydrogen (secondary N) is 1. The molecule has 3 amide bonds. The number of urea groups is 1. The fourth-order valence-electron chi connectivity index (χ4n) is 2.55. The Morgan fingerprint density at radius 2 is 1.96 bits per heavy atom. The molecule has 2 aromatic carbocycles. The Bertz CT molecular complexity index is 957. The summed E-state index contributed by atoms with van der Waals surface area (Å²) in [5, 5.41) is 2.42. The molecule has 0 aromatic heterocycles. The first-order valence-corrected chi connectivity index (χ1v) is 8.35. The van der Waals surface area contributed by atoms with Gasteiger partial charge in [-0.3, -0.25) is 9.59 Å². The molecule has 0 spiro atoms. The summed E-state index contributed by atoms with van der Waals surface area (Å²) in [4.78, 5) is 36.3. The number of ether oxygens (including phenoxy) is 2. The van der Waals surface area contributed by atoms with Crippen molar-refractivity contribution < 1.29 is 28.2 Å². The van der Waals surface area contributed by atoms with Crippen molar-refractivity contribution in [3.63, 3.8) is 0 Å². The van der Waals surface area contributed by atoms with E-state index in [4.69, 9.17) is 4.74 Å². The van der Waals surface area contributed by atoms with Gasteiger partial charge in [0.1, 0.15) is 30.4 Å². The number of rotatable bonds is 6. The Hall–Kier alpha value is -3.68. The molecule has 3 rings (SSSR count). The van der Waals surface area contributed by atoms with E-state index in [0.29, 0.717) is 16.9 Å². The van der Waals surface area contributed by atoms with Crippen molar-refractivity contribution in [3.8, 4) is 5.75 Å². The summed E-state index contributed by atoms with van der Waals surface area (Å²) < 4.78 is 23.7. The first kappa shape index (κ1) is 19.1. The van der Waals surface area contributed by atoms with Crippen LogP contribution >= 0.6 is 0 Å². The maximum atomic E-state index is 13.7. The molecule has 8 heteroatoms. The number of esters is 1. The van der Waals surface area contributed by atoms with E-state index in [0.717, 1.165) is 4.90 Å². The molecule has 1 saturated heterocycles. The highest BCUT2D eigenvalue weighted by atomic mass is 19.1. The van der Waals surface area contributed by atoms with Crippen molar-refractivity contribution in [2.45, 2.75) is 6.61 Å². The number of methoxy groups -OCH3 is 1. The molecule has 7 nitrogen and oxygen atoms in total. The summed E-state index contributed by atoms with van der Waals surface area (Å²) in [5.41, 5.74) is 1.04. The minimum atomic E-state index is -0.701. The molecule has 1 fully saturated rings. The van der Waals surface area contributed by atoms with Crippen LogP contribution in [0.15, 0.2) is 54.2 Å². The molecule has 1 heterocycles. The fourth-order valence-corrected chi connectivity index (χ4v) is 2.55. The van der Waals surface area contributed by atoms with Crippen LogP contribution in [0.3, 0.4) is 0 Å². The summed E-state index contributed by atoms with van der Waals surface area (Å²) in [7, 11) is 1.17. The van der Waals surface area contributed by atoms with Gasteiger partial charge in [-0.2, -0.15) is 0 Å². The average molecular weight is 384 g/mol. The largest absolute Gasteiger partial charge is 0.489 e. The Balaban J connectivity index is 1.72. The molecule has 144 valence electrons. The summed E-state index contributed by atoms with van der Waals surface area (Å²) in [6.07, 6.45) is 1.47. The van der Waals surface area contributed by atoms with Crippen molar-refractivity contribution in [1.82, 2.24) is 10.2 Å². The quantitative estimate of drug-likeness (QED) is 0.470. The lowest BCUT2D eigenvalue weighted by Gasteiger charge is -2.09. The van der Waals surface area contributed by atoms with Gasteiger partial charge in [0.05, 0.1) is 7.11 Å². The SMILES string of the molecule is COC(=O)CN1C(=O)N/C(=C/c2cccc(OCc3ccccc3F)c2)C1=O. The van der Waals surface area contributed by atoms with Gasteiger partial charge in [0.2, 0.25) is 0 Å². The summed E-state index contributed by atoms with van der Waals surface area (Å²) >= 11 is 0. The molecule has 0 saturated carbocycles. The number of carbonyl (C=O) groups is 3. The number of carbonyl (C=O) groups excluding carboxylic acids is 3. The van der Waals surface area contributed by atoms with Crippen LogP contribution in [-0.2, 0) is 20.9 Å². The van der Waals surface area contributed by atoms with Gasteiger partial charge in [0, 0.05) is 5.56 Å². The Kier molecular flexibility index (Phi) is 5.69. The monoisotopic (exact) mass is 384 g/mol. The second-order valence-electron chi connectivity index (χ2n) is 5.91. The molecule has 0 atom stereocenters. The minimum absolute atomic E-state index is 0.0279. The average Bonchev–Trinajstić information content (AvgIpc) is 2.95. The van der Waals surface area contributed by atoms with Gasteiger partial charge in [-0.15, -0.1) is 0 Å². The number of benzene rings is 2. The molecule has 1 aliphatic heterocycles. The Morgan fingerprint density at radius 1 is 1.18 bits per heavy atom. The molecule has 0 bridgehead atoms. The highest BCUT2D eigenvalue weighted by Gasteiger charge is 2.35. The van der Waals surface area contributed by atoms with Gasteiger partial charge in [-0.1, -0.05) is 30.3 Å². The third-order valence-corrected chi connectivity index (χ3v) is 4.00.